The molecule has 0 spiro atoms. The van der Waals surface area contributed by atoms with E-state index in [0.29, 0.717) is 17.9 Å². The lowest BCUT2D eigenvalue weighted by atomic mass is 10.2. The lowest BCUT2D eigenvalue weighted by Crippen LogP contribution is -2.34. The molecule has 1 aromatic carbocycles. The van der Waals surface area contributed by atoms with E-state index in [1.165, 1.54) is 33.8 Å². The fourth-order valence-electron chi connectivity index (χ4n) is 3.14. The maximum absolute atomic E-state index is 12.4. The number of carbonyl (C=O) groups is 1. The second-order valence-corrected chi connectivity index (χ2v) is 6.76. The summed E-state index contributed by atoms with van der Waals surface area (Å²) in [5.41, 5.74) is 0.352. The molecule has 152 valence electrons. The van der Waals surface area contributed by atoms with Crippen LogP contribution in [0.5, 0.6) is 5.75 Å². The van der Waals surface area contributed by atoms with E-state index >= 15 is 0 Å². The van der Waals surface area contributed by atoms with Gasteiger partial charge in [-0.1, -0.05) is 18.6 Å². The molecule has 1 aliphatic rings. The Bertz CT molecular complexity index is 887. The van der Waals surface area contributed by atoms with Crippen molar-refractivity contribution in [2.75, 3.05) is 7.05 Å². The molecule has 0 saturated carbocycles. The highest BCUT2D eigenvalue weighted by molar-refractivity contribution is 5.75. The average Bonchev–Trinajstić information content (AvgIpc) is 2.79. The van der Waals surface area contributed by atoms with Crippen molar-refractivity contribution >= 4 is 5.91 Å². The second kappa shape index (κ2) is 8.07. The molecule has 1 amide bonds. The number of halogens is 3. The van der Waals surface area contributed by atoms with Crippen molar-refractivity contribution in [3.05, 3.63) is 46.1 Å². The Morgan fingerprint density at radius 3 is 2.61 bits per heavy atom. The molecule has 0 saturated heterocycles. The van der Waals surface area contributed by atoms with Crippen LogP contribution in [0.25, 0.3) is 0 Å². The maximum atomic E-state index is 12.4. The Labute approximate surface area is 159 Å². The van der Waals surface area contributed by atoms with Gasteiger partial charge in [-0.15, -0.1) is 13.2 Å². The molecule has 0 radical (unpaired) electrons. The van der Waals surface area contributed by atoms with Gasteiger partial charge >= 0.3 is 12.1 Å². The van der Waals surface area contributed by atoms with Crippen LogP contribution in [0.15, 0.2) is 29.1 Å². The Hall–Kier alpha value is -2.78. The first-order valence-corrected chi connectivity index (χ1v) is 8.98. The van der Waals surface area contributed by atoms with Crippen LogP contribution in [0, 0.1) is 0 Å². The molecular formula is C18H21F3N4O3. The topological polar surface area (TPSA) is 69.4 Å². The fourth-order valence-corrected chi connectivity index (χ4v) is 3.14. The lowest BCUT2D eigenvalue weighted by Gasteiger charge is -2.17. The zero-order chi connectivity index (χ0) is 20.3. The van der Waals surface area contributed by atoms with Gasteiger partial charge in [0, 0.05) is 26.6 Å². The summed E-state index contributed by atoms with van der Waals surface area (Å²) in [6.07, 6.45) is -1.08. The van der Waals surface area contributed by atoms with E-state index in [-0.39, 0.29) is 30.4 Å². The zero-order valence-corrected chi connectivity index (χ0v) is 15.4. The van der Waals surface area contributed by atoms with Crippen molar-refractivity contribution in [2.24, 2.45) is 0 Å². The van der Waals surface area contributed by atoms with Crippen LogP contribution in [0.2, 0.25) is 0 Å². The van der Waals surface area contributed by atoms with Gasteiger partial charge < -0.3 is 9.64 Å². The number of amides is 1. The molecule has 1 aromatic heterocycles. The normalized spacial score (nSPS) is 14.3. The molecule has 0 N–H and O–H groups in total. The van der Waals surface area contributed by atoms with Crippen LogP contribution in [0.3, 0.4) is 0 Å². The largest absolute Gasteiger partial charge is 0.573 e. The number of benzene rings is 1. The summed E-state index contributed by atoms with van der Waals surface area (Å²) in [7, 11) is 1.56. The summed E-state index contributed by atoms with van der Waals surface area (Å²) in [5.74, 6) is 0.0699. The fraction of sp³-hybridized carbons (Fsp3) is 0.500. The Balaban J connectivity index is 1.61. The third kappa shape index (κ3) is 4.93. The first-order chi connectivity index (χ1) is 13.2. The molecule has 7 nitrogen and oxygen atoms in total. The van der Waals surface area contributed by atoms with E-state index in [0.717, 1.165) is 25.7 Å². The molecule has 2 heterocycles. The van der Waals surface area contributed by atoms with Crippen LogP contribution in [0.1, 0.15) is 30.7 Å². The number of rotatable bonds is 5. The van der Waals surface area contributed by atoms with E-state index in [2.05, 4.69) is 9.84 Å². The summed E-state index contributed by atoms with van der Waals surface area (Å²) in [6, 6.07) is 5.29. The molecule has 28 heavy (non-hydrogen) atoms. The van der Waals surface area contributed by atoms with Crippen LogP contribution < -0.4 is 10.4 Å². The third-order valence-electron chi connectivity index (χ3n) is 4.57. The quantitative estimate of drug-likeness (QED) is 0.775. The standard InChI is InChI=1S/C18H21F3N4O3/c1-23(11-13-6-8-14(9-7-13)28-18(19,20)21)16(26)12-25-17(27)24-10-4-2-3-5-15(24)22-25/h6-9H,2-5,10-12H2,1H3. The second-order valence-electron chi connectivity index (χ2n) is 6.76. The summed E-state index contributed by atoms with van der Waals surface area (Å²) in [5, 5.41) is 4.28. The van der Waals surface area contributed by atoms with E-state index in [4.69, 9.17) is 0 Å². The Morgan fingerprint density at radius 2 is 1.93 bits per heavy atom. The summed E-state index contributed by atoms with van der Waals surface area (Å²) < 4.78 is 43.2. The predicted molar refractivity (Wildman–Crippen MR) is 93.6 cm³/mol. The van der Waals surface area contributed by atoms with Gasteiger partial charge in [0.05, 0.1) is 0 Å². The molecule has 3 rings (SSSR count). The molecule has 0 bridgehead atoms. The molecule has 10 heteroatoms. The zero-order valence-electron chi connectivity index (χ0n) is 15.4. The number of aromatic nitrogens is 3. The van der Waals surface area contributed by atoms with Gasteiger partial charge in [0.25, 0.3) is 0 Å². The average molecular weight is 398 g/mol. The summed E-state index contributed by atoms with van der Waals surface area (Å²) >= 11 is 0. The van der Waals surface area contributed by atoms with Gasteiger partial charge in [-0.2, -0.15) is 5.10 Å². The molecule has 1 aliphatic heterocycles. The van der Waals surface area contributed by atoms with E-state index in [1.54, 1.807) is 11.6 Å². The lowest BCUT2D eigenvalue weighted by molar-refractivity contribution is -0.274. The van der Waals surface area contributed by atoms with E-state index in [1.807, 2.05) is 0 Å². The van der Waals surface area contributed by atoms with Gasteiger partial charge in [-0.3, -0.25) is 9.36 Å². The number of alkyl halides is 3. The number of nitrogens with zero attached hydrogens (tertiary/aromatic N) is 4. The van der Waals surface area contributed by atoms with Crippen molar-refractivity contribution in [3.8, 4) is 5.75 Å². The van der Waals surface area contributed by atoms with Crippen LogP contribution in [0.4, 0.5) is 13.2 Å². The molecule has 0 unspecified atom stereocenters. The minimum atomic E-state index is -4.75. The van der Waals surface area contributed by atoms with E-state index < -0.39 is 6.36 Å². The molecule has 2 aromatic rings. The number of aryl methyl sites for hydroxylation is 1. The molecule has 0 fully saturated rings. The Kier molecular flexibility index (Phi) is 5.76. The van der Waals surface area contributed by atoms with Gasteiger partial charge in [0.1, 0.15) is 18.1 Å². The Morgan fingerprint density at radius 1 is 1.21 bits per heavy atom. The van der Waals surface area contributed by atoms with Crippen LogP contribution in [-0.4, -0.2) is 38.6 Å². The highest BCUT2D eigenvalue weighted by Gasteiger charge is 2.31. The van der Waals surface area contributed by atoms with Gasteiger partial charge in [0.2, 0.25) is 5.91 Å². The monoisotopic (exact) mass is 398 g/mol. The summed E-state index contributed by atoms with van der Waals surface area (Å²) in [4.78, 5) is 26.3. The molecule has 0 aliphatic carbocycles. The predicted octanol–water partition coefficient (Wildman–Crippen LogP) is 2.33. The first kappa shape index (κ1) is 20.0. The minimum Gasteiger partial charge on any atom is -0.406 e. The maximum Gasteiger partial charge on any atom is 0.573 e. The number of hydrogen-bond acceptors (Lipinski definition) is 4. The smallest absolute Gasteiger partial charge is 0.406 e. The van der Waals surface area contributed by atoms with Crippen molar-refractivity contribution in [3.63, 3.8) is 0 Å². The highest BCUT2D eigenvalue weighted by atomic mass is 19.4. The number of fused-ring (bicyclic) bond motifs is 1. The molecule has 0 atom stereocenters. The van der Waals surface area contributed by atoms with Crippen molar-refractivity contribution in [1.82, 2.24) is 19.2 Å². The van der Waals surface area contributed by atoms with Gasteiger partial charge in [0.15, 0.2) is 0 Å². The van der Waals surface area contributed by atoms with Gasteiger partial charge in [-0.25, -0.2) is 9.48 Å². The van der Waals surface area contributed by atoms with Crippen molar-refractivity contribution in [2.45, 2.75) is 51.7 Å². The SMILES string of the molecule is CN(Cc1ccc(OC(F)(F)F)cc1)C(=O)Cn1nc2n(c1=O)CCCCC2. The van der Waals surface area contributed by atoms with Crippen LogP contribution in [-0.2, 0) is 30.8 Å². The van der Waals surface area contributed by atoms with Crippen molar-refractivity contribution < 1.29 is 22.7 Å². The number of ether oxygens (including phenoxy) is 1. The summed E-state index contributed by atoms with van der Waals surface area (Å²) in [6.45, 7) is 0.628. The molecular weight excluding hydrogens is 377 g/mol. The number of carbonyl (C=O) groups excluding carboxylic acids is 1. The number of hydrogen-bond donors (Lipinski definition) is 0. The van der Waals surface area contributed by atoms with Crippen molar-refractivity contribution in [1.29, 1.82) is 0 Å². The number of likely N-dealkylation sites (N-methyl/N-ethyl adjacent to an activating group) is 1. The highest BCUT2D eigenvalue weighted by Crippen LogP contribution is 2.23. The third-order valence-corrected chi connectivity index (χ3v) is 4.57. The first-order valence-electron chi connectivity index (χ1n) is 8.98. The van der Waals surface area contributed by atoms with Gasteiger partial charge in [-0.05, 0) is 30.5 Å². The minimum absolute atomic E-state index is 0.176. The van der Waals surface area contributed by atoms with E-state index in [9.17, 15) is 22.8 Å². The van der Waals surface area contributed by atoms with Crippen LogP contribution >= 0.6 is 0 Å².